The highest BCUT2D eigenvalue weighted by molar-refractivity contribution is 6.30. The molecule has 1 atom stereocenters. The van der Waals surface area contributed by atoms with E-state index in [0.717, 1.165) is 21.8 Å². The first-order valence-electron chi connectivity index (χ1n) is 6.40. The van der Waals surface area contributed by atoms with Crippen LogP contribution < -0.4 is 11.1 Å². The molecule has 104 valence electrons. The predicted octanol–water partition coefficient (Wildman–Crippen LogP) is 3.92. The number of hydrogen-bond donors (Lipinski definition) is 2. The van der Waals surface area contributed by atoms with E-state index in [9.17, 15) is 4.79 Å². The molecular weight excluding hydrogens is 272 g/mol. The highest BCUT2D eigenvalue weighted by atomic mass is 35.5. The van der Waals surface area contributed by atoms with Crippen LogP contribution in [0.15, 0.2) is 42.5 Å². The fourth-order valence-corrected chi connectivity index (χ4v) is 2.27. The summed E-state index contributed by atoms with van der Waals surface area (Å²) in [5, 5.41) is 4.13. The van der Waals surface area contributed by atoms with Crippen molar-refractivity contribution in [1.82, 2.24) is 0 Å². The summed E-state index contributed by atoms with van der Waals surface area (Å²) in [6.07, 6.45) is 0. The lowest BCUT2D eigenvalue weighted by atomic mass is 10.1. The van der Waals surface area contributed by atoms with Gasteiger partial charge in [-0.05, 0) is 55.3 Å². The zero-order valence-corrected chi connectivity index (χ0v) is 12.2. The molecule has 0 spiro atoms. The Labute approximate surface area is 123 Å². The van der Waals surface area contributed by atoms with Gasteiger partial charge in [-0.1, -0.05) is 23.7 Å². The lowest BCUT2D eigenvalue weighted by molar-refractivity contribution is 0.1000. The monoisotopic (exact) mass is 288 g/mol. The minimum atomic E-state index is -0.414. The molecular formula is C16H17ClN2O. The van der Waals surface area contributed by atoms with Gasteiger partial charge in [-0.25, -0.2) is 0 Å². The molecule has 2 rings (SSSR count). The first kappa shape index (κ1) is 14.4. The number of halogens is 1. The van der Waals surface area contributed by atoms with Crippen molar-refractivity contribution >= 4 is 23.2 Å². The second-order valence-corrected chi connectivity index (χ2v) is 5.25. The quantitative estimate of drug-likeness (QED) is 0.896. The van der Waals surface area contributed by atoms with Crippen molar-refractivity contribution in [3.8, 4) is 0 Å². The van der Waals surface area contributed by atoms with Gasteiger partial charge >= 0.3 is 0 Å². The molecule has 2 aromatic rings. The van der Waals surface area contributed by atoms with E-state index >= 15 is 0 Å². The van der Waals surface area contributed by atoms with E-state index in [4.69, 9.17) is 17.3 Å². The zero-order valence-electron chi connectivity index (χ0n) is 11.5. The number of aryl methyl sites for hydroxylation is 1. The van der Waals surface area contributed by atoms with Gasteiger partial charge in [0.1, 0.15) is 0 Å². The van der Waals surface area contributed by atoms with Crippen LogP contribution in [-0.2, 0) is 0 Å². The molecule has 1 unspecified atom stereocenters. The largest absolute Gasteiger partial charge is 0.378 e. The van der Waals surface area contributed by atoms with E-state index in [-0.39, 0.29) is 6.04 Å². The van der Waals surface area contributed by atoms with Gasteiger partial charge in [0.15, 0.2) is 0 Å². The molecule has 3 N–H and O–H groups in total. The number of carbonyl (C=O) groups is 1. The molecule has 0 bridgehead atoms. The van der Waals surface area contributed by atoms with E-state index < -0.39 is 5.91 Å². The van der Waals surface area contributed by atoms with Gasteiger partial charge in [-0.2, -0.15) is 0 Å². The van der Waals surface area contributed by atoms with Crippen LogP contribution in [0.2, 0.25) is 5.02 Å². The van der Waals surface area contributed by atoms with Gasteiger partial charge < -0.3 is 11.1 Å². The first-order chi connectivity index (χ1) is 9.47. The highest BCUT2D eigenvalue weighted by Crippen LogP contribution is 2.24. The van der Waals surface area contributed by atoms with Crippen molar-refractivity contribution in [1.29, 1.82) is 0 Å². The average molecular weight is 289 g/mol. The van der Waals surface area contributed by atoms with Crippen LogP contribution in [-0.4, -0.2) is 5.91 Å². The fourth-order valence-electron chi connectivity index (χ4n) is 2.07. The Balaban J connectivity index is 2.19. The van der Waals surface area contributed by atoms with E-state index in [1.54, 1.807) is 12.1 Å². The Morgan fingerprint density at radius 1 is 1.25 bits per heavy atom. The molecule has 4 heteroatoms. The Morgan fingerprint density at radius 3 is 2.60 bits per heavy atom. The summed E-state index contributed by atoms with van der Waals surface area (Å²) in [6.45, 7) is 4.01. The number of anilines is 1. The lowest BCUT2D eigenvalue weighted by Crippen LogP contribution is -2.12. The smallest absolute Gasteiger partial charge is 0.248 e. The van der Waals surface area contributed by atoms with Crippen LogP contribution in [0.3, 0.4) is 0 Å². The van der Waals surface area contributed by atoms with Crippen LogP contribution in [0, 0.1) is 6.92 Å². The molecule has 0 fully saturated rings. The number of hydrogen-bond acceptors (Lipinski definition) is 2. The molecule has 3 nitrogen and oxygen atoms in total. The van der Waals surface area contributed by atoms with E-state index in [0.29, 0.717) is 5.56 Å². The number of nitrogens with one attached hydrogen (secondary N) is 1. The molecule has 0 aliphatic heterocycles. The summed E-state index contributed by atoms with van der Waals surface area (Å²) in [5.41, 5.74) is 8.85. The maximum Gasteiger partial charge on any atom is 0.248 e. The van der Waals surface area contributed by atoms with Crippen molar-refractivity contribution in [3.63, 3.8) is 0 Å². The third-order valence-electron chi connectivity index (χ3n) is 3.23. The number of nitrogens with two attached hydrogens (primary N) is 1. The molecule has 0 heterocycles. The molecule has 0 saturated heterocycles. The summed E-state index contributed by atoms with van der Waals surface area (Å²) in [4.78, 5) is 11.1. The summed E-state index contributed by atoms with van der Waals surface area (Å²) in [6, 6.07) is 13.2. The summed E-state index contributed by atoms with van der Waals surface area (Å²) in [7, 11) is 0. The topological polar surface area (TPSA) is 55.1 Å². The van der Waals surface area contributed by atoms with Crippen molar-refractivity contribution in [2.45, 2.75) is 19.9 Å². The van der Waals surface area contributed by atoms with Crippen molar-refractivity contribution in [2.24, 2.45) is 5.73 Å². The molecule has 0 radical (unpaired) electrons. The normalized spacial score (nSPS) is 11.9. The maximum atomic E-state index is 11.1. The molecule has 0 aromatic heterocycles. The van der Waals surface area contributed by atoms with E-state index in [1.807, 2.05) is 37.3 Å². The number of amides is 1. The Bertz CT molecular complexity index is 640. The van der Waals surface area contributed by atoms with Gasteiger partial charge in [-0.15, -0.1) is 0 Å². The predicted molar refractivity (Wildman–Crippen MR) is 83.2 cm³/mol. The Hall–Kier alpha value is -2.00. The van der Waals surface area contributed by atoms with Gasteiger partial charge in [0, 0.05) is 22.3 Å². The SMILES string of the molecule is Cc1cc(C(N)=O)ccc1NC(C)c1cccc(Cl)c1. The van der Waals surface area contributed by atoms with Gasteiger partial charge in [0.2, 0.25) is 5.91 Å². The molecule has 0 aliphatic carbocycles. The molecule has 0 saturated carbocycles. The van der Waals surface area contributed by atoms with Crippen molar-refractivity contribution < 1.29 is 4.79 Å². The van der Waals surface area contributed by atoms with Crippen LogP contribution in [0.25, 0.3) is 0 Å². The van der Waals surface area contributed by atoms with Gasteiger partial charge in [0.05, 0.1) is 0 Å². The molecule has 0 aliphatic rings. The zero-order chi connectivity index (χ0) is 14.7. The average Bonchev–Trinajstić information content (AvgIpc) is 2.40. The Kier molecular flexibility index (Phi) is 4.30. The Morgan fingerprint density at radius 2 is 2.00 bits per heavy atom. The maximum absolute atomic E-state index is 11.1. The minimum Gasteiger partial charge on any atom is -0.378 e. The van der Waals surface area contributed by atoms with Crippen LogP contribution in [0.5, 0.6) is 0 Å². The minimum absolute atomic E-state index is 0.117. The number of carbonyl (C=O) groups excluding carboxylic acids is 1. The fraction of sp³-hybridized carbons (Fsp3) is 0.188. The van der Waals surface area contributed by atoms with Crippen molar-refractivity contribution in [2.75, 3.05) is 5.32 Å². The molecule has 1 amide bonds. The second-order valence-electron chi connectivity index (χ2n) is 4.81. The lowest BCUT2D eigenvalue weighted by Gasteiger charge is -2.18. The molecule has 20 heavy (non-hydrogen) atoms. The molecule has 2 aromatic carbocycles. The summed E-state index contributed by atoms with van der Waals surface area (Å²) in [5.74, 6) is -0.414. The van der Waals surface area contributed by atoms with E-state index in [2.05, 4.69) is 12.2 Å². The van der Waals surface area contributed by atoms with E-state index in [1.165, 1.54) is 0 Å². The highest BCUT2D eigenvalue weighted by Gasteiger charge is 2.09. The van der Waals surface area contributed by atoms with Crippen molar-refractivity contribution in [3.05, 3.63) is 64.2 Å². The third-order valence-corrected chi connectivity index (χ3v) is 3.47. The van der Waals surface area contributed by atoms with Crippen LogP contribution >= 0.6 is 11.6 Å². The van der Waals surface area contributed by atoms with Gasteiger partial charge in [0.25, 0.3) is 0 Å². The third kappa shape index (κ3) is 3.31. The first-order valence-corrected chi connectivity index (χ1v) is 6.77. The van der Waals surface area contributed by atoms with Crippen LogP contribution in [0.1, 0.15) is 34.5 Å². The van der Waals surface area contributed by atoms with Gasteiger partial charge in [-0.3, -0.25) is 4.79 Å². The number of rotatable bonds is 4. The van der Waals surface area contributed by atoms with Crippen LogP contribution in [0.4, 0.5) is 5.69 Å². The second kappa shape index (κ2) is 5.97. The standard InChI is InChI=1S/C16H17ClN2O/c1-10-8-13(16(18)20)6-7-15(10)19-11(2)12-4-3-5-14(17)9-12/h3-9,11,19H,1-2H3,(H2,18,20). The summed E-state index contributed by atoms with van der Waals surface area (Å²) >= 11 is 6.00. The number of benzene rings is 2. The summed E-state index contributed by atoms with van der Waals surface area (Å²) < 4.78 is 0. The number of primary amides is 1.